The van der Waals surface area contributed by atoms with Crippen LogP contribution in [0.4, 0.5) is 23.1 Å². The normalized spacial score (nSPS) is 14.5. The molecule has 0 bridgehead atoms. The number of carbonyl (C=O) groups is 1. The van der Waals surface area contributed by atoms with Crippen LogP contribution in [-0.2, 0) is 0 Å². The smallest absolute Gasteiger partial charge is 0.406 e. The van der Waals surface area contributed by atoms with Gasteiger partial charge in [0.05, 0.1) is 11.9 Å². The number of halogens is 3. The highest BCUT2D eigenvalue weighted by Crippen LogP contribution is 2.29. The maximum Gasteiger partial charge on any atom is 0.573 e. The Bertz CT molecular complexity index is 970. The van der Waals surface area contributed by atoms with E-state index in [4.69, 9.17) is 0 Å². The molecule has 4 rings (SSSR count). The number of benzene rings is 1. The van der Waals surface area contributed by atoms with Crippen LogP contribution in [0.15, 0.2) is 30.5 Å². The summed E-state index contributed by atoms with van der Waals surface area (Å²) in [7, 11) is 0. The van der Waals surface area contributed by atoms with Gasteiger partial charge in [0, 0.05) is 31.7 Å². The summed E-state index contributed by atoms with van der Waals surface area (Å²) in [5.41, 5.74) is 0.987. The number of imidazole rings is 1. The zero-order valence-electron chi connectivity index (χ0n) is 14.4. The Kier molecular flexibility index (Phi) is 4.71. The highest BCUT2D eigenvalue weighted by Gasteiger charge is 2.31. The van der Waals surface area contributed by atoms with Gasteiger partial charge in [-0.3, -0.25) is 0 Å². The van der Waals surface area contributed by atoms with Gasteiger partial charge in [0.1, 0.15) is 5.75 Å². The molecule has 0 saturated carbocycles. The molecule has 12 heteroatoms. The van der Waals surface area contributed by atoms with Gasteiger partial charge in [-0.2, -0.15) is 0 Å². The average Bonchev–Trinajstić information content (AvgIpc) is 3.29. The number of aromatic nitrogens is 3. The third-order valence-electron chi connectivity index (χ3n) is 4.01. The van der Waals surface area contributed by atoms with Gasteiger partial charge in [0.25, 0.3) is 0 Å². The predicted molar refractivity (Wildman–Crippen MR) is 96.4 cm³/mol. The van der Waals surface area contributed by atoms with Crippen LogP contribution in [0.25, 0.3) is 16.2 Å². The molecule has 3 heterocycles. The van der Waals surface area contributed by atoms with Crippen molar-refractivity contribution in [3.05, 3.63) is 30.5 Å². The monoisotopic (exact) mass is 412 g/mol. The Morgan fingerprint density at radius 1 is 1.36 bits per heavy atom. The van der Waals surface area contributed by atoms with Gasteiger partial charge in [-0.25, -0.2) is 14.3 Å². The number of nitrogens with zero attached hydrogens (tertiary/aromatic N) is 4. The van der Waals surface area contributed by atoms with E-state index < -0.39 is 6.36 Å². The second-order valence-corrected chi connectivity index (χ2v) is 6.94. The summed E-state index contributed by atoms with van der Waals surface area (Å²) in [5, 5.41) is 10.9. The molecule has 1 aliphatic heterocycles. The maximum atomic E-state index is 12.4. The number of amides is 2. The van der Waals surface area contributed by atoms with Crippen molar-refractivity contribution in [3.63, 3.8) is 0 Å². The third kappa shape index (κ3) is 4.11. The Morgan fingerprint density at radius 2 is 2.21 bits per heavy atom. The van der Waals surface area contributed by atoms with Gasteiger partial charge in [-0.05, 0) is 12.1 Å². The molecular weight excluding hydrogens is 397 g/mol. The zero-order chi connectivity index (χ0) is 19.7. The van der Waals surface area contributed by atoms with Gasteiger partial charge in [0.2, 0.25) is 10.1 Å². The van der Waals surface area contributed by atoms with Gasteiger partial charge in [-0.15, -0.1) is 18.3 Å². The Morgan fingerprint density at radius 3 is 2.93 bits per heavy atom. The van der Waals surface area contributed by atoms with Gasteiger partial charge >= 0.3 is 12.4 Å². The number of nitrogens with one attached hydrogen (secondary N) is 2. The Balaban J connectivity index is 1.42. The minimum absolute atomic E-state index is 0.0721. The van der Waals surface area contributed by atoms with Crippen molar-refractivity contribution in [2.75, 3.05) is 31.5 Å². The van der Waals surface area contributed by atoms with E-state index in [-0.39, 0.29) is 11.8 Å². The molecule has 2 aromatic heterocycles. The largest absolute Gasteiger partial charge is 0.573 e. The van der Waals surface area contributed by atoms with Crippen molar-refractivity contribution in [2.45, 2.75) is 6.36 Å². The fourth-order valence-corrected chi connectivity index (χ4v) is 3.59. The molecule has 0 radical (unpaired) electrons. The van der Waals surface area contributed by atoms with Crippen LogP contribution in [-0.4, -0.2) is 58.1 Å². The summed E-state index contributed by atoms with van der Waals surface area (Å²) in [4.78, 5) is 18.2. The van der Waals surface area contributed by atoms with E-state index in [9.17, 15) is 18.0 Å². The van der Waals surface area contributed by atoms with Gasteiger partial charge < -0.3 is 20.3 Å². The number of alkyl halides is 3. The molecule has 0 aliphatic carbocycles. The first-order valence-electron chi connectivity index (χ1n) is 8.36. The molecule has 28 heavy (non-hydrogen) atoms. The lowest BCUT2D eigenvalue weighted by Gasteiger charge is -2.13. The first-order chi connectivity index (χ1) is 13.4. The van der Waals surface area contributed by atoms with E-state index in [1.54, 1.807) is 21.7 Å². The fourth-order valence-electron chi connectivity index (χ4n) is 2.79. The number of ether oxygens (including phenoxy) is 1. The summed E-state index contributed by atoms with van der Waals surface area (Å²) in [5.74, 6) is -0.303. The van der Waals surface area contributed by atoms with Crippen molar-refractivity contribution in [1.29, 1.82) is 0 Å². The Labute approximate surface area is 160 Å². The van der Waals surface area contributed by atoms with Crippen LogP contribution in [0, 0.1) is 0 Å². The number of carbonyl (C=O) groups excluding carboxylic acids is 1. The third-order valence-corrected chi connectivity index (χ3v) is 4.89. The van der Waals surface area contributed by atoms with Crippen LogP contribution in [0.3, 0.4) is 0 Å². The zero-order valence-corrected chi connectivity index (χ0v) is 15.2. The molecule has 1 fully saturated rings. The fraction of sp³-hybridized carbons (Fsp3) is 0.312. The average molecular weight is 412 g/mol. The highest BCUT2D eigenvalue weighted by molar-refractivity contribution is 7.20. The molecular formula is C16H15F3N6O2S. The van der Waals surface area contributed by atoms with Gasteiger partial charge in [0.15, 0.2) is 0 Å². The molecule has 0 spiro atoms. The highest BCUT2D eigenvalue weighted by atomic mass is 32.1. The van der Waals surface area contributed by atoms with Crippen molar-refractivity contribution in [1.82, 2.24) is 24.8 Å². The van der Waals surface area contributed by atoms with Crippen molar-refractivity contribution in [3.8, 4) is 17.0 Å². The van der Waals surface area contributed by atoms with Crippen molar-refractivity contribution >= 4 is 27.5 Å². The second kappa shape index (κ2) is 7.19. The lowest BCUT2D eigenvalue weighted by atomic mass is 10.1. The quantitative estimate of drug-likeness (QED) is 0.651. The number of hydrogen-bond acceptors (Lipinski definition) is 6. The second-order valence-electron chi connectivity index (χ2n) is 5.98. The van der Waals surface area contributed by atoms with E-state index in [1.165, 1.54) is 29.5 Å². The number of fused-ring (bicyclic) bond motifs is 1. The molecule has 1 saturated heterocycles. The van der Waals surface area contributed by atoms with Crippen LogP contribution in [0.1, 0.15) is 0 Å². The first kappa shape index (κ1) is 18.3. The van der Waals surface area contributed by atoms with Gasteiger partial charge in [-0.1, -0.05) is 23.5 Å². The molecule has 2 amide bonds. The summed E-state index contributed by atoms with van der Waals surface area (Å²) in [6.07, 6.45) is -3.11. The van der Waals surface area contributed by atoms with E-state index in [0.29, 0.717) is 47.5 Å². The predicted octanol–water partition coefficient (Wildman–Crippen LogP) is 2.79. The molecule has 8 nitrogen and oxygen atoms in total. The number of rotatable bonds is 6. The lowest BCUT2D eigenvalue weighted by Crippen LogP contribution is -2.32. The summed E-state index contributed by atoms with van der Waals surface area (Å²) in [6.45, 7) is 2.45. The molecule has 3 aromatic rings. The van der Waals surface area contributed by atoms with E-state index in [2.05, 4.69) is 25.5 Å². The molecule has 0 atom stereocenters. The topological polar surface area (TPSA) is 83.8 Å². The van der Waals surface area contributed by atoms with E-state index in [0.717, 1.165) is 0 Å². The van der Waals surface area contributed by atoms with E-state index in [1.807, 2.05) is 0 Å². The summed E-state index contributed by atoms with van der Waals surface area (Å²) >= 11 is 1.31. The minimum Gasteiger partial charge on any atom is -0.406 e. The first-order valence-corrected chi connectivity index (χ1v) is 9.18. The van der Waals surface area contributed by atoms with E-state index >= 15 is 0 Å². The van der Waals surface area contributed by atoms with Crippen molar-refractivity contribution in [2.24, 2.45) is 0 Å². The SMILES string of the molecule is O=C1NCCN1CCNc1nn2cc(-c3cccc(OC(F)(F)F)c3)nc2s1. The maximum absolute atomic E-state index is 12.4. The van der Waals surface area contributed by atoms with Crippen LogP contribution < -0.4 is 15.4 Å². The molecule has 148 valence electrons. The standard InChI is InChI=1S/C16H15F3N6O2S/c17-16(18,19)27-11-3-1-2-10(8-11)12-9-25-15(22-12)28-13(23-25)20-4-6-24-7-5-21-14(24)26/h1-3,8-9H,4-7H2,(H,20,23)(H,21,26). The molecule has 2 N–H and O–H groups in total. The Hall–Kier alpha value is -3.02. The summed E-state index contributed by atoms with van der Waals surface area (Å²) in [6, 6.07) is 5.56. The minimum atomic E-state index is -4.74. The number of hydrogen-bond donors (Lipinski definition) is 2. The van der Waals surface area contributed by atoms with Crippen LogP contribution in [0.5, 0.6) is 5.75 Å². The number of anilines is 1. The number of urea groups is 1. The van der Waals surface area contributed by atoms with Crippen LogP contribution in [0.2, 0.25) is 0 Å². The molecule has 0 unspecified atom stereocenters. The van der Waals surface area contributed by atoms with Crippen molar-refractivity contribution < 1.29 is 22.7 Å². The molecule has 1 aliphatic rings. The molecule has 1 aromatic carbocycles. The lowest BCUT2D eigenvalue weighted by molar-refractivity contribution is -0.274. The summed E-state index contributed by atoms with van der Waals surface area (Å²) < 4.78 is 42.6. The van der Waals surface area contributed by atoms with Crippen LogP contribution >= 0.6 is 11.3 Å².